The summed E-state index contributed by atoms with van der Waals surface area (Å²) in [6.45, 7) is 5.95. The smallest absolute Gasteiger partial charge is 0.170 e. The maximum absolute atomic E-state index is 11.8. The highest BCUT2D eigenvalue weighted by atomic mass is 16.5. The summed E-state index contributed by atoms with van der Waals surface area (Å²) in [6, 6.07) is 0. The normalized spacial score (nSPS) is 11.7. The SMILES string of the molecule is CCOC(C)(C)C(=O)Cc1cn(C)nn1. The molecule has 15 heavy (non-hydrogen) atoms. The van der Waals surface area contributed by atoms with Crippen LogP contribution in [0.3, 0.4) is 0 Å². The zero-order valence-electron chi connectivity index (χ0n) is 9.65. The van der Waals surface area contributed by atoms with E-state index in [4.69, 9.17) is 4.74 Å². The lowest BCUT2D eigenvalue weighted by atomic mass is 9.99. The minimum absolute atomic E-state index is 0.0184. The summed E-state index contributed by atoms with van der Waals surface area (Å²) in [5, 5.41) is 7.64. The molecular formula is C10H17N3O2. The van der Waals surface area contributed by atoms with Gasteiger partial charge in [0.1, 0.15) is 5.60 Å². The number of carbonyl (C=O) groups is 1. The third-order valence-corrected chi connectivity index (χ3v) is 2.17. The first-order valence-corrected chi connectivity index (χ1v) is 4.98. The predicted molar refractivity (Wildman–Crippen MR) is 55.4 cm³/mol. The van der Waals surface area contributed by atoms with Crippen LogP contribution in [0.25, 0.3) is 0 Å². The Morgan fingerprint density at radius 3 is 2.73 bits per heavy atom. The van der Waals surface area contributed by atoms with Gasteiger partial charge < -0.3 is 4.74 Å². The van der Waals surface area contributed by atoms with E-state index < -0.39 is 5.60 Å². The summed E-state index contributed by atoms with van der Waals surface area (Å²) in [6.07, 6.45) is 2.00. The summed E-state index contributed by atoms with van der Waals surface area (Å²) >= 11 is 0. The quantitative estimate of drug-likeness (QED) is 0.721. The molecule has 0 radical (unpaired) electrons. The van der Waals surface area contributed by atoms with E-state index in [1.54, 1.807) is 31.8 Å². The van der Waals surface area contributed by atoms with E-state index >= 15 is 0 Å². The fourth-order valence-corrected chi connectivity index (χ4v) is 1.29. The van der Waals surface area contributed by atoms with Gasteiger partial charge in [-0.15, -0.1) is 5.10 Å². The Labute approximate surface area is 89.4 Å². The number of nitrogens with zero attached hydrogens (tertiary/aromatic N) is 3. The highest BCUT2D eigenvalue weighted by Crippen LogP contribution is 2.13. The van der Waals surface area contributed by atoms with E-state index in [0.717, 1.165) is 0 Å². The fourth-order valence-electron chi connectivity index (χ4n) is 1.29. The van der Waals surface area contributed by atoms with Crippen molar-refractivity contribution in [2.75, 3.05) is 6.61 Å². The molecule has 0 bridgehead atoms. The third kappa shape index (κ3) is 3.13. The summed E-state index contributed by atoms with van der Waals surface area (Å²) in [7, 11) is 1.77. The van der Waals surface area contributed by atoms with Crippen LogP contribution in [0.1, 0.15) is 26.5 Å². The van der Waals surface area contributed by atoms with Crippen molar-refractivity contribution < 1.29 is 9.53 Å². The van der Waals surface area contributed by atoms with Crippen molar-refractivity contribution in [1.29, 1.82) is 0 Å². The fraction of sp³-hybridized carbons (Fsp3) is 0.700. The minimum atomic E-state index is -0.744. The first kappa shape index (κ1) is 11.8. The molecule has 0 aliphatic rings. The van der Waals surface area contributed by atoms with Gasteiger partial charge in [-0.05, 0) is 20.8 Å². The summed E-state index contributed by atoms with van der Waals surface area (Å²) in [4.78, 5) is 11.8. The van der Waals surface area contributed by atoms with Gasteiger partial charge in [0, 0.05) is 19.9 Å². The largest absolute Gasteiger partial charge is 0.368 e. The molecule has 0 aromatic carbocycles. The van der Waals surface area contributed by atoms with E-state index in [-0.39, 0.29) is 12.2 Å². The van der Waals surface area contributed by atoms with E-state index in [1.165, 1.54) is 0 Å². The molecule has 0 amide bonds. The average Bonchev–Trinajstić information content (AvgIpc) is 2.51. The lowest BCUT2D eigenvalue weighted by Gasteiger charge is -2.22. The number of hydrogen-bond donors (Lipinski definition) is 0. The van der Waals surface area contributed by atoms with Gasteiger partial charge in [0.15, 0.2) is 5.78 Å². The number of aromatic nitrogens is 3. The molecule has 0 aliphatic carbocycles. The molecule has 5 nitrogen and oxygen atoms in total. The zero-order valence-corrected chi connectivity index (χ0v) is 9.65. The second kappa shape index (κ2) is 4.53. The number of rotatable bonds is 5. The van der Waals surface area contributed by atoms with Crippen LogP contribution in [-0.2, 0) is 23.0 Å². The van der Waals surface area contributed by atoms with Gasteiger partial charge in [0.2, 0.25) is 0 Å². The number of hydrogen-bond acceptors (Lipinski definition) is 4. The van der Waals surface area contributed by atoms with Crippen molar-refractivity contribution in [2.45, 2.75) is 32.8 Å². The van der Waals surface area contributed by atoms with Gasteiger partial charge >= 0.3 is 0 Å². The van der Waals surface area contributed by atoms with Crippen LogP contribution in [-0.4, -0.2) is 33.0 Å². The molecule has 0 spiro atoms. The molecule has 1 heterocycles. The summed E-state index contributed by atoms with van der Waals surface area (Å²) in [5.74, 6) is 0.0184. The lowest BCUT2D eigenvalue weighted by molar-refractivity contribution is -0.139. The molecule has 0 unspecified atom stereocenters. The molecule has 0 fully saturated rings. The van der Waals surface area contributed by atoms with Gasteiger partial charge in [-0.2, -0.15) is 0 Å². The lowest BCUT2D eigenvalue weighted by Crippen LogP contribution is -2.36. The van der Waals surface area contributed by atoms with Gasteiger partial charge in [0.25, 0.3) is 0 Å². The molecule has 84 valence electrons. The molecule has 1 rings (SSSR count). The predicted octanol–water partition coefficient (Wildman–Crippen LogP) is 0.742. The van der Waals surface area contributed by atoms with Crippen LogP contribution in [0, 0.1) is 0 Å². The second-order valence-corrected chi connectivity index (χ2v) is 3.93. The summed E-state index contributed by atoms with van der Waals surface area (Å²) in [5.41, 5.74) is -0.0676. The first-order valence-electron chi connectivity index (χ1n) is 4.98. The van der Waals surface area contributed by atoms with Crippen LogP contribution in [0.15, 0.2) is 6.20 Å². The van der Waals surface area contributed by atoms with E-state index in [9.17, 15) is 4.79 Å². The highest BCUT2D eigenvalue weighted by molar-refractivity contribution is 5.88. The highest BCUT2D eigenvalue weighted by Gasteiger charge is 2.28. The maximum Gasteiger partial charge on any atom is 0.170 e. The van der Waals surface area contributed by atoms with Gasteiger partial charge in [-0.25, -0.2) is 0 Å². The number of Topliss-reactive ketones (excluding diaryl/α,β-unsaturated/α-hetero) is 1. The maximum atomic E-state index is 11.8. The second-order valence-electron chi connectivity index (χ2n) is 3.93. The van der Waals surface area contributed by atoms with Gasteiger partial charge in [0.05, 0.1) is 12.1 Å². The third-order valence-electron chi connectivity index (χ3n) is 2.17. The number of aryl methyl sites for hydroxylation is 1. The van der Waals surface area contributed by atoms with Crippen molar-refractivity contribution in [1.82, 2.24) is 15.0 Å². The van der Waals surface area contributed by atoms with Gasteiger partial charge in [-0.1, -0.05) is 5.21 Å². The Bertz CT molecular complexity index is 344. The van der Waals surface area contributed by atoms with Crippen LogP contribution >= 0.6 is 0 Å². The van der Waals surface area contributed by atoms with Crippen LogP contribution in [0.4, 0.5) is 0 Å². The van der Waals surface area contributed by atoms with Gasteiger partial charge in [-0.3, -0.25) is 9.48 Å². The first-order chi connectivity index (χ1) is 6.95. The molecule has 1 aromatic heterocycles. The molecule has 0 aliphatic heterocycles. The van der Waals surface area contributed by atoms with E-state index in [1.807, 2.05) is 6.92 Å². The molecule has 0 saturated heterocycles. The monoisotopic (exact) mass is 211 g/mol. The molecular weight excluding hydrogens is 194 g/mol. The van der Waals surface area contributed by atoms with Crippen molar-refractivity contribution >= 4 is 5.78 Å². The van der Waals surface area contributed by atoms with E-state index in [0.29, 0.717) is 12.3 Å². The molecule has 5 heteroatoms. The average molecular weight is 211 g/mol. The minimum Gasteiger partial charge on any atom is -0.368 e. The van der Waals surface area contributed by atoms with Crippen molar-refractivity contribution in [2.24, 2.45) is 7.05 Å². The Kier molecular flexibility index (Phi) is 3.57. The Balaban J connectivity index is 2.63. The molecule has 0 N–H and O–H groups in total. The molecule has 0 saturated carbocycles. The standard InChI is InChI=1S/C10H17N3O2/c1-5-15-10(2,3)9(14)6-8-7-13(4)12-11-8/h7H,5-6H2,1-4H3. The number of ketones is 1. The Morgan fingerprint density at radius 2 is 2.27 bits per heavy atom. The van der Waals surface area contributed by atoms with Crippen molar-refractivity contribution in [3.8, 4) is 0 Å². The van der Waals surface area contributed by atoms with Crippen LogP contribution < -0.4 is 0 Å². The van der Waals surface area contributed by atoms with Crippen LogP contribution in [0.2, 0.25) is 0 Å². The zero-order chi connectivity index (χ0) is 11.5. The Morgan fingerprint density at radius 1 is 1.60 bits per heavy atom. The van der Waals surface area contributed by atoms with Crippen molar-refractivity contribution in [3.05, 3.63) is 11.9 Å². The topological polar surface area (TPSA) is 57.0 Å². The Hall–Kier alpha value is -1.23. The van der Waals surface area contributed by atoms with Crippen LogP contribution in [0.5, 0.6) is 0 Å². The van der Waals surface area contributed by atoms with E-state index in [2.05, 4.69) is 10.3 Å². The summed E-state index contributed by atoms with van der Waals surface area (Å²) < 4.78 is 6.95. The molecule has 1 aromatic rings. The van der Waals surface area contributed by atoms with Crippen molar-refractivity contribution in [3.63, 3.8) is 0 Å². The number of ether oxygens (including phenoxy) is 1. The number of carbonyl (C=O) groups excluding carboxylic acids is 1. The molecule has 0 atom stereocenters.